The van der Waals surface area contributed by atoms with Crippen molar-refractivity contribution in [1.29, 1.82) is 0 Å². The SMILES string of the molecule is CC(C)CN(C[C@@H](O)[C@H](Cc1ccccc1)NC(=O)OC1COC2OCCC12)S(=O)(=O)c1ccc(-c2ccncc2)cc1. The lowest BCUT2D eigenvalue weighted by atomic mass is 10.0. The third-order valence-electron chi connectivity index (χ3n) is 7.77. The number of carbonyl (C=O) groups excluding carboxylic acids is 1. The fourth-order valence-electron chi connectivity index (χ4n) is 5.55. The molecule has 0 saturated carbocycles. The molecule has 0 aliphatic carbocycles. The van der Waals surface area contributed by atoms with Gasteiger partial charge in [-0.05, 0) is 59.7 Å². The highest BCUT2D eigenvalue weighted by Crippen LogP contribution is 2.33. The summed E-state index contributed by atoms with van der Waals surface area (Å²) in [7, 11) is -3.97. The Labute approximate surface area is 253 Å². The number of aliphatic hydroxyl groups excluding tert-OH is 1. The molecule has 0 bridgehead atoms. The molecule has 3 aromatic rings. The van der Waals surface area contributed by atoms with Gasteiger partial charge in [0.05, 0.1) is 36.2 Å². The number of sulfonamides is 1. The van der Waals surface area contributed by atoms with Crippen molar-refractivity contribution >= 4 is 16.1 Å². The number of aromatic nitrogens is 1. The number of fused-ring (bicyclic) bond motifs is 1. The van der Waals surface area contributed by atoms with Crippen LogP contribution in [-0.4, -0.2) is 79.7 Å². The summed E-state index contributed by atoms with van der Waals surface area (Å²) in [5, 5.41) is 14.3. The number of nitrogens with one attached hydrogen (secondary N) is 1. The van der Waals surface area contributed by atoms with Gasteiger partial charge < -0.3 is 24.6 Å². The van der Waals surface area contributed by atoms with Crippen molar-refractivity contribution in [2.45, 2.75) is 56.1 Å². The number of hydrogen-bond donors (Lipinski definition) is 2. The fourth-order valence-corrected chi connectivity index (χ4v) is 7.17. The molecule has 230 valence electrons. The number of hydrogen-bond acceptors (Lipinski definition) is 8. The Morgan fingerprint density at radius 1 is 1.02 bits per heavy atom. The summed E-state index contributed by atoms with van der Waals surface area (Å²) in [6.07, 6.45) is 1.66. The third kappa shape index (κ3) is 7.79. The monoisotopic (exact) mass is 609 g/mol. The van der Waals surface area contributed by atoms with Gasteiger partial charge in [0, 0.05) is 25.5 Å². The Kier molecular flexibility index (Phi) is 10.1. The molecule has 0 spiro atoms. The molecule has 5 atom stereocenters. The van der Waals surface area contributed by atoms with E-state index in [2.05, 4.69) is 10.3 Å². The van der Waals surface area contributed by atoms with E-state index in [1.807, 2.05) is 56.3 Å². The normalized spacial score (nSPS) is 21.5. The minimum absolute atomic E-state index is 0.00694. The average Bonchev–Trinajstić information content (AvgIpc) is 3.62. The van der Waals surface area contributed by atoms with E-state index in [1.165, 1.54) is 4.31 Å². The van der Waals surface area contributed by atoms with Crippen LogP contribution in [0.3, 0.4) is 0 Å². The van der Waals surface area contributed by atoms with Gasteiger partial charge in [-0.15, -0.1) is 0 Å². The maximum Gasteiger partial charge on any atom is 0.407 e. The van der Waals surface area contributed by atoms with Gasteiger partial charge in [0.25, 0.3) is 0 Å². The van der Waals surface area contributed by atoms with Crippen LogP contribution >= 0.6 is 0 Å². The number of carbonyl (C=O) groups is 1. The van der Waals surface area contributed by atoms with E-state index >= 15 is 0 Å². The van der Waals surface area contributed by atoms with Crippen molar-refractivity contribution in [1.82, 2.24) is 14.6 Å². The van der Waals surface area contributed by atoms with Gasteiger partial charge in [-0.3, -0.25) is 4.98 Å². The molecule has 43 heavy (non-hydrogen) atoms. The van der Waals surface area contributed by atoms with Gasteiger partial charge in [-0.25, -0.2) is 13.2 Å². The molecule has 10 nitrogen and oxygen atoms in total. The van der Waals surface area contributed by atoms with Crippen molar-refractivity contribution in [3.8, 4) is 11.1 Å². The molecule has 1 aromatic heterocycles. The van der Waals surface area contributed by atoms with Gasteiger partial charge in [0.15, 0.2) is 6.29 Å². The van der Waals surface area contributed by atoms with E-state index in [0.29, 0.717) is 6.61 Å². The van der Waals surface area contributed by atoms with Crippen LogP contribution in [0.2, 0.25) is 0 Å². The summed E-state index contributed by atoms with van der Waals surface area (Å²) >= 11 is 0. The maximum absolute atomic E-state index is 13.9. The number of nitrogens with zero attached hydrogens (tertiary/aromatic N) is 2. The zero-order chi connectivity index (χ0) is 30.4. The molecular weight excluding hydrogens is 570 g/mol. The van der Waals surface area contributed by atoms with E-state index in [4.69, 9.17) is 14.2 Å². The number of amides is 1. The van der Waals surface area contributed by atoms with E-state index in [9.17, 15) is 18.3 Å². The standard InChI is InChI=1S/C32H39N3O7S/c1-22(2)19-35(43(38,39)26-10-8-24(9-11-26)25-12-15-33-16-13-25)20-29(36)28(18-23-6-4-3-5-7-23)34-32(37)42-30-21-41-31-27(30)14-17-40-31/h3-13,15-16,22,27-31,36H,14,17-21H2,1-2H3,(H,34,37)/t27?,28-,29+,30?,31?/m0/s1. The van der Waals surface area contributed by atoms with Crippen molar-refractivity contribution < 1.29 is 32.5 Å². The van der Waals surface area contributed by atoms with Crippen LogP contribution in [0.1, 0.15) is 25.8 Å². The molecule has 1 amide bonds. The Bertz CT molecular complexity index is 1440. The minimum atomic E-state index is -3.97. The van der Waals surface area contributed by atoms with Crippen molar-refractivity contribution in [3.63, 3.8) is 0 Å². The van der Waals surface area contributed by atoms with Crippen LogP contribution in [0.15, 0.2) is 84.0 Å². The van der Waals surface area contributed by atoms with Crippen LogP contribution in [0.4, 0.5) is 4.79 Å². The predicted molar refractivity (Wildman–Crippen MR) is 160 cm³/mol. The highest BCUT2D eigenvalue weighted by molar-refractivity contribution is 7.89. The second kappa shape index (κ2) is 14.0. The highest BCUT2D eigenvalue weighted by Gasteiger charge is 2.44. The zero-order valence-corrected chi connectivity index (χ0v) is 25.2. The average molecular weight is 610 g/mol. The lowest BCUT2D eigenvalue weighted by Crippen LogP contribution is -2.51. The first-order valence-electron chi connectivity index (χ1n) is 14.6. The molecule has 2 aliphatic heterocycles. The Balaban J connectivity index is 1.33. The minimum Gasteiger partial charge on any atom is -0.443 e. The summed E-state index contributed by atoms with van der Waals surface area (Å²) in [5.74, 6) is -0.0348. The molecule has 2 aromatic carbocycles. The van der Waals surface area contributed by atoms with Crippen molar-refractivity contribution in [2.24, 2.45) is 11.8 Å². The van der Waals surface area contributed by atoms with Crippen LogP contribution in [0, 0.1) is 11.8 Å². The fraction of sp³-hybridized carbons (Fsp3) is 0.438. The van der Waals surface area contributed by atoms with Crippen molar-refractivity contribution in [2.75, 3.05) is 26.3 Å². The Morgan fingerprint density at radius 2 is 1.72 bits per heavy atom. The quantitative estimate of drug-likeness (QED) is 0.317. The van der Waals surface area contributed by atoms with Crippen LogP contribution in [0.25, 0.3) is 11.1 Å². The van der Waals surface area contributed by atoms with Gasteiger partial charge in [-0.2, -0.15) is 4.31 Å². The lowest BCUT2D eigenvalue weighted by molar-refractivity contribution is -0.0907. The van der Waals surface area contributed by atoms with E-state index in [-0.39, 0.29) is 49.1 Å². The molecular formula is C32H39N3O7S. The number of aliphatic hydroxyl groups is 1. The second-order valence-electron chi connectivity index (χ2n) is 11.5. The third-order valence-corrected chi connectivity index (χ3v) is 9.62. The summed E-state index contributed by atoms with van der Waals surface area (Å²) in [4.78, 5) is 17.2. The Hall–Kier alpha value is -3.35. The van der Waals surface area contributed by atoms with Gasteiger partial charge >= 0.3 is 6.09 Å². The maximum atomic E-state index is 13.9. The van der Waals surface area contributed by atoms with Gasteiger partial charge in [0.2, 0.25) is 10.0 Å². The number of rotatable bonds is 12. The molecule has 2 fully saturated rings. The van der Waals surface area contributed by atoms with Crippen LogP contribution in [0.5, 0.6) is 0 Å². The molecule has 2 N–H and O–H groups in total. The van der Waals surface area contributed by atoms with E-state index in [0.717, 1.165) is 23.1 Å². The number of ether oxygens (including phenoxy) is 3. The van der Waals surface area contributed by atoms with Gasteiger partial charge in [0.1, 0.15) is 6.10 Å². The first-order valence-corrected chi connectivity index (χ1v) is 16.1. The molecule has 0 radical (unpaired) electrons. The number of alkyl carbamates (subject to hydrolysis) is 1. The zero-order valence-electron chi connectivity index (χ0n) is 24.4. The summed E-state index contributed by atoms with van der Waals surface area (Å²) in [6, 6.07) is 19.0. The molecule has 2 aliphatic rings. The van der Waals surface area contributed by atoms with Crippen molar-refractivity contribution in [3.05, 3.63) is 84.7 Å². The first-order chi connectivity index (χ1) is 20.7. The van der Waals surface area contributed by atoms with E-state index < -0.39 is 34.4 Å². The number of pyridine rings is 1. The van der Waals surface area contributed by atoms with Crippen LogP contribution < -0.4 is 5.32 Å². The first kappa shape index (κ1) is 31.1. The lowest BCUT2D eigenvalue weighted by Gasteiger charge is -2.31. The largest absolute Gasteiger partial charge is 0.443 e. The molecule has 2 saturated heterocycles. The summed E-state index contributed by atoms with van der Waals surface area (Å²) in [5.41, 5.74) is 2.67. The van der Waals surface area contributed by atoms with Crippen LogP contribution in [-0.2, 0) is 30.7 Å². The van der Waals surface area contributed by atoms with E-state index in [1.54, 1.807) is 36.7 Å². The smallest absolute Gasteiger partial charge is 0.407 e. The molecule has 3 heterocycles. The molecule has 11 heteroatoms. The molecule has 5 rings (SSSR count). The number of benzene rings is 2. The van der Waals surface area contributed by atoms with Gasteiger partial charge in [-0.1, -0.05) is 56.3 Å². The topological polar surface area (TPSA) is 127 Å². The summed E-state index contributed by atoms with van der Waals surface area (Å²) in [6.45, 7) is 4.62. The second-order valence-corrected chi connectivity index (χ2v) is 13.4. The highest BCUT2D eigenvalue weighted by atomic mass is 32.2. The molecule has 3 unspecified atom stereocenters. The predicted octanol–water partition coefficient (Wildman–Crippen LogP) is 3.86. The Morgan fingerprint density at radius 3 is 2.42 bits per heavy atom. The summed E-state index contributed by atoms with van der Waals surface area (Å²) < 4.78 is 45.8.